The molecular weight excluding hydrogens is 358 g/mol. The molecule has 2 heterocycles. The van der Waals surface area contributed by atoms with Gasteiger partial charge in [0.15, 0.2) is 11.5 Å². The maximum Gasteiger partial charge on any atom is 0.161 e. The molecule has 2 aromatic carbocycles. The first-order chi connectivity index (χ1) is 13.3. The number of para-hydroxylation sites is 1. The van der Waals surface area contributed by atoms with E-state index in [-0.39, 0.29) is 6.04 Å². The van der Waals surface area contributed by atoms with Crippen molar-refractivity contribution in [2.75, 3.05) is 40.4 Å². The van der Waals surface area contributed by atoms with Crippen molar-refractivity contribution in [2.45, 2.75) is 12.5 Å². The molecule has 1 N–H and O–H groups in total. The molecule has 5 nitrogen and oxygen atoms in total. The van der Waals surface area contributed by atoms with Crippen LogP contribution in [0.3, 0.4) is 0 Å². The zero-order chi connectivity index (χ0) is 18.6. The second kappa shape index (κ2) is 8.25. The van der Waals surface area contributed by atoms with Gasteiger partial charge in [-0.15, -0.1) is 11.3 Å². The molecule has 1 fully saturated rings. The Kier molecular flexibility index (Phi) is 5.57. The first-order valence-corrected chi connectivity index (χ1v) is 10.1. The van der Waals surface area contributed by atoms with Crippen molar-refractivity contribution in [3.05, 3.63) is 53.0 Å². The van der Waals surface area contributed by atoms with Crippen molar-refractivity contribution in [1.29, 1.82) is 0 Å². The van der Waals surface area contributed by atoms with Crippen LogP contribution in [0, 0.1) is 0 Å². The average molecular weight is 384 g/mol. The summed E-state index contributed by atoms with van der Waals surface area (Å²) in [5, 5.41) is 4.63. The fourth-order valence-corrected chi connectivity index (χ4v) is 4.80. The summed E-state index contributed by atoms with van der Waals surface area (Å²) < 4.78 is 12.2. The molecule has 0 aliphatic carbocycles. The highest BCUT2D eigenvalue weighted by atomic mass is 32.1. The van der Waals surface area contributed by atoms with Crippen LogP contribution in [0.25, 0.3) is 10.2 Å². The number of aromatic nitrogens is 1. The van der Waals surface area contributed by atoms with Gasteiger partial charge in [-0.3, -0.25) is 4.90 Å². The van der Waals surface area contributed by atoms with Crippen molar-refractivity contribution in [3.8, 4) is 11.5 Å². The highest BCUT2D eigenvalue weighted by Crippen LogP contribution is 2.38. The van der Waals surface area contributed by atoms with E-state index in [1.54, 1.807) is 25.6 Å². The van der Waals surface area contributed by atoms with Gasteiger partial charge in [-0.1, -0.05) is 18.2 Å². The number of benzene rings is 2. The Hall–Kier alpha value is -2.15. The number of nitrogens with one attached hydrogen (secondary N) is 1. The zero-order valence-electron chi connectivity index (χ0n) is 15.8. The minimum atomic E-state index is 0.113. The predicted octanol–water partition coefficient (Wildman–Crippen LogP) is 3.70. The molecule has 0 bridgehead atoms. The molecule has 4 rings (SSSR count). The molecule has 0 spiro atoms. The Morgan fingerprint density at radius 1 is 1.04 bits per heavy atom. The van der Waals surface area contributed by atoms with Crippen LogP contribution < -0.4 is 14.8 Å². The SMILES string of the molecule is COc1ccc(C(c2nc3ccccc3s2)N2CCCNCC2)cc1OC. The largest absolute Gasteiger partial charge is 0.493 e. The molecule has 0 radical (unpaired) electrons. The third-order valence-electron chi connectivity index (χ3n) is 5.01. The second-order valence-corrected chi connectivity index (χ2v) is 7.74. The van der Waals surface area contributed by atoms with Crippen LogP contribution in [0.5, 0.6) is 11.5 Å². The molecule has 1 aromatic heterocycles. The van der Waals surface area contributed by atoms with Gasteiger partial charge in [0.25, 0.3) is 0 Å². The number of fused-ring (bicyclic) bond motifs is 1. The van der Waals surface area contributed by atoms with E-state index in [1.165, 1.54) is 10.3 Å². The first kappa shape index (κ1) is 18.2. The van der Waals surface area contributed by atoms with E-state index in [9.17, 15) is 0 Å². The van der Waals surface area contributed by atoms with Crippen molar-refractivity contribution < 1.29 is 9.47 Å². The monoisotopic (exact) mass is 383 g/mol. The Bertz CT molecular complexity index is 870. The molecule has 1 unspecified atom stereocenters. The smallest absolute Gasteiger partial charge is 0.161 e. The van der Waals surface area contributed by atoms with Gasteiger partial charge in [-0.05, 0) is 42.8 Å². The van der Waals surface area contributed by atoms with Crippen LogP contribution >= 0.6 is 11.3 Å². The molecule has 0 saturated carbocycles. The lowest BCUT2D eigenvalue weighted by atomic mass is 10.0. The van der Waals surface area contributed by atoms with Gasteiger partial charge in [-0.2, -0.15) is 0 Å². The van der Waals surface area contributed by atoms with E-state index >= 15 is 0 Å². The summed E-state index contributed by atoms with van der Waals surface area (Å²) >= 11 is 1.78. The lowest BCUT2D eigenvalue weighted by molar-refractivity contribution is 0.240. The first-order valence-electron chi connectivity index (χ1n) is 9.32. The molecule has 1 atom stereocenters. The maximum absolute atomic E-state index is 5.56. The Morgan fingerprint density at radius 2 is 1.89 bits per heavy atom. The average Bonchev–Trinajstić information content (AvgIpc) is 2.95. The summed E-state index contributed by atoms with van der Waals surface area (Å²) in [5.41, 5.74) is 2.25. The van der Waals surface area contributed by atoms with Crippen molar-refractivity contribution >= 4 is 21.6 Å². The molecular formula is C21H25N3O2S. The predicted molar refractivity (Wildman–Crippen MR) is 110 cm³/mol. The Morgan fingerprint density at radius 3 is 2.70 bits per heavy atom. The molecule has 1 aliphatic heterocycles. The third kappa shape index (κ3) is 3.78. The number of ether oxygens (including phenoxy) is 2. The van der Waals surface area contributed by atoms with E-state index in [0.717, 1.165) is 54.6 Å². The number of hydrogen-bond acceptors (Lipinski definition) is 6. The minimum absolute atomic E-state index is 0.113. The van der Waals surface area contributed by atoms with E-state index in [4.69, 9.17) is 14.5 Å². The maximum atomic E-state index is 5.56. The summed E-state index contributed by atoms with van der Waals surface area (Å²) in [6, 6.07) is 14.7. The normalized spacial score (nSPS) is 16.8. The molecule has 142 valence electrons. The van der Waals surface area contributed by atoms with Crippen molar-refractivity contribution in [2.24, 2.45) is 0 Å². The van der Waals surface area contributed by atoms with E-state index in [2.05, 4.69) is 40.5 Å². The van der Waals surface area contributed by atoms with E-state index in [0.29, 0.717) is 0 Å². The van der Waals surface area contributed by atoms with Gasteiger partial charge in [0.05, 0.1) is 30.5 Å². The van der Waals surface area contributed by atoms with Crippen LogP contribution in [0.2, 0.25) is 0 Å². The molecule has 27 heavy (non-hydrogen) atoms. The molecule has 1 aliphatic rings. The quantitative estimate of drug-likeness (QED) is 0.728. The summed E-state index contributed by atoms with van der Waals surface area (Å²) in [5.74, 6) is 1.51. The van der Waals surface area contributed by atoms with Gasteiger partial charge in [0.1, 0.15) is 5.01 Å². The summed E-state index contributed by atoms with van der Waals surface area (Å²) in [6.45, 7) is 4.10. The molecule has 6 heteroatoms. The molecule has 3 aromatic rings. The number of rotatable bonds is 5. The van der Waals surface area contributed by atoms with Gasteiger partial charge in [-0.25, -0.2) is 4.98 Å². The van der Waals surface area contributed by atoms with E-state index < -0.39 is 0 Å². The minimum Gasteiger partial charge on any atom is -0.493 e. The number of nitrogens with zero attached hydrogens (tertiary/aromatic N) is 2. The van der Waals surface area contributed by atoms with Crippen molar-refractivity contribution in [1.82, 2.24) is 15.2 Å². The highest BCUT2D eigenvalue weighted by molar-refractivity contribution is 7.18. The van der Waals surface area contributed by atoms with Gasteiger partial charge in [0.2, 0.25) is 0 Å². The number of thiazole rings is 1. The lowest BCUT2D eigenvalue weighted by Crippen LogP contribution is -2.33. The van der Waals surface area contributed by atoms with Gasteiger partial charge < -0.3 is 14.8 Å². The molecule has 1 saturated heterocycles. The zero-order valence-corrected chi connectivity index (χ0v) is 16.6. The highest BCUT2D eigenvalue weighted by Gasteiger charge is 2.27. The van der Waals surface area contributed by atoms with Crippen LogP contribution in [0.1, 0.15) is 23.0 Å². The third-order valence-corrected chi connectivity index (χ3v) is 6.10. The van der Waals surface area contributed by atoms with Crippen LogP contribution in [-0.4, -0.2) is 50.3 Å². The summed E-state index contributed by atoms with van der Waals surface area (Å²) in [6.07, 6.45) is 1.13. The number of hydrogen-bond donors (Lipinski definition) is 1. The Balaban J connectivity index is 1.80. The van der Waals surface area contributed by atoms with E-state index in [1.807, 2.05) is 12.1 Å². The fourth-order valence-electron chi connectivity index (χ4n) is 3.66. The lowest BCUT2D eigenvalue weighted by Gasteiger charge is -2.29. The standard InChI is InChI=1S/C21H25N3O2S/c1-25-17-9-8-15(14-18(17)26-2)20(24-12-5-10-22-11-13-24)21-23-16-6-3-4-7-19(16)27-21/h3-4,6-9,14,20,22H,5,10-13H2,1-2H3. The number of methoxy groups -OCH3 is 2. The van der Waals surface area contributed by atoms with Crippen molar-refractivity contribution in [3.63, 3.8) is 0 Å². The van der Waals surface area contributed by atoms with Gasteiger partial charge in [0, 0.05) is 19.6 Å². The fraction of sp³-hybridized carbons (Fsp3) is 0.381. The van der Waals surface area contributed by atoms with Crippen LogP contribution in [0.4, 0.5) is 0 Å². The van der Waals surface area contributed by atoms with Crippen LogP contribution in [-0.2, 0) is 0 Å². The summed E-state index contributed by atoms with van der Waals surface area (Å²) in [4.78, 5) is 7.50. The topological polar surface area (TPSA) is 46.6 Å². The van der Waals surface area contributed by atoms with Gasteiger partial charge >= 0.3 is 0 Å². The molecule has 0 amide bonds. The Labute approximate surface area is 163 Å². The van der Waals surface area contributed by atoms with Crippen LogP contribution in [0.15, 0.2) is 42.5 Å². The second-order valence-electron chi connectivity index (χ2n) is 6.68. The summed E-state index contributed by atoms with van der Waals surface area (Å²) in [7, 11) is 3.35.